The summed E-state index contributed by atoms with van der Waals surface area (Å²) in [5, 5.41) is 11.1. The van der Waals surface area contributed by atoms with Gasteiger partial charge < -0.3 is 19.4 Å². The number of amides is 2. The quantitative estimate of drug-likeness (QED) is 0.695. The predicted molar refractivity (Wildman–Crippen MR) is 102 cm³/mol. The van der Waals surface area contributed by atoms with E-state index < -0.39 is 12.1 Å². The second kappa shape index (κ2) is 9.25. The largest absolute Gasteiger partial charge is 0.490 e. The van der Waals surface area contributed by atoms with Crippen molar-refractivity contribution in [2.75, 3.05) is 40.3 Å². The van der Waals surface area contributed by atoms with E-state index in [0.29, 0.717) is 19.6 Å². The Hall–Kier alpha value is -2.63. The van der Waals surface area contributed by atoms with Crippen molar-refractivity contribution in [1.29, 1.82) is 0 Å². The zero-order chi connectivity index (χ0) is 23.6. The number of rotatable bonds is 4. The number of likely N-dealkylation sites (tertiary alicyclic amines) is 2. The lowest BCUT2D eigenvalue weighted by molar-refractivity contribution is -0.192. The topological polar surface area (TPSA) is 107 Å². The van der Waals surface area contributed by atoms with Crippen molar-refractivity contribution < 1.29 is 37.2 Å². The highest BCUT2D eigenvalue weighted by Gasteiger charge is 2.53. The van der Waals surface area contributed by atoms with E-state index in [-0.39, 0.29) is 17.2 Å². The molecule has 0 saturated carbocycles. The maximum Gasteiger partial charge on any atom is 0.490 e. The van der Waals surface area contributed by atoms with Crippen molar-refractivity contribution >= 4 is 17.8 Å². The SMILES string of the molecule is Cc1noc(C)c1CN1CC2(CCCN(CC(=O)N(C)C)C2)C1=O.O=C(O)C(F)(F)F. The molecule has 0 aromatic carbocycles. The molecule has 31 heavy (non-hydrogen) atoms. The summed E-state index contributed by atoms with van der Waals surface area (Å²) in [5.74, 6) is -1.69. The first-order chi connectivity index (χ1) is 14.3. The summed E-state index contributed by atoms with van der Waals surface area (Å²) < 4.78 is 36.9. The fourth-order valence-electron chi connectivity index (χ4n) is 3.79. The summed E-state index contributed by atoms with van der Waals surface area (Å²) in [6.45, 7) is 7.07. The minimum Gasteiger partial charge on any atom is -0.475 e. The van der Waals surface area contributed by atoms with Crippen LogP contribution in [0.25, 0.3) is 0 Å². The highest BCUT2D eigenvalue weighted by molar-refractivity contribution is 5.89. The molecular formula is C19H27F3N4O5. The monoisotopic (exact) mass is 448 g/mol. The van der Waals surface area contributed by atoms with Gasteiger partial charge in [-0.1, -0.05) is 5.16 Å². The Morgan fingerprint density at radius 3 is 2.32 bits per heavy atom. The first-order valence-electron chi connectivity index (χ1n) is 9.70. The molecule has 0 bridgehead atoms. The third-order valence-electron chi connectivity index (χ3n) is 5.52. The van der Waals surface area contributed by atoms with Gasteiger partial charge in [-0.15, -0.1) is 0 Å². The van der Waals surface area contributed by atoms with Gasteiger partial charge >= 0.3 is 12.1 Å². The number of halogens is 3. The standard InChI is InChI=1S/C17H26N4O3.C2HF3O2/c1-12-14(13(2)24-18-12)8-21-11-17(16(21)23)6-5-7-20(10-17)9-15(22)19(3)4;3-2(4,5)1(6)7/h5-11H2,1-4H3;(H,6,7). The van der Waals surface area contributed by atoms with Crippen molar-refractivity contribution in [2.45, 2.75) is 39.4 Å². The third-order valence-corrected chi connectivity index (χ3v) is 5.52. The lowest BCUT2D eigenvalue weighted by Gasteiger charge is -2.53. The van der Waals surface area contributed by atoms with E-state index in [1.165, 1.54) is 0 Å². The number of carbonyl (C=O) groups is 3. The van der Waals surface area contributed by atoms with E-state index in [9.17, 15) is 22.8 Å². The smallest absolute Gasteiger partial charge is 0.475 e. The van der Waals surface area contributed by atoms with Crippen LogP contribution in [-0.4, -0.2) is 89.2 Å². The van der Waals surface area contributed by atoms with Crippen LogP contribution in [0.5, 0.6) is 0 Å². The van der Waals surface area contributed by atoms with Gasteiger partial charge in [0.15, 0.2) is 0 Å². The Kier molecular flexibility index (Phi) is 7.35. The Morgan fingerprint density at radius 2 is 1.87 bits per heavy atom. The molecule has 1 N–H and O–H groups in total. The summed E-state index contributed by atoms with van der Waals surface area (Å²) >= 11 is 0. The lowest BCUT2D eigenvalue weighted by atomic mass is 9.72. The molecule has 174 valence electrons. The molecular weight excluding hydrogens is 421 g/mol. The molecule has 1 spiro atoms. The molecule has 3 heterocycles. The van der Waals surface area contributed by atoms with Gasteiger partial charge in [-0.05, 0) is 33.2 Å². The maximum atomic E-state index is 12.8. The van der Waals surface area contributed by atoms with Crippen LogP contribution in [0.2, 0.25) is 0 Å². The van der Waals surface area contributed by atoms with E-state index in [0.717, 1.165) is 42.9 Å². The zero-order valence-electron chi connectivity index (χ0n) is 18.0. The van der Waals surface area contributed by atoms with Crippen molar-refractivity contribution in [3.05, 3.63) is 17.0 Å². The van der Waals surface area contributed by atoms with Crippen LogP contribution in [0.1, 0.15) is 29.9 Å². The minimum absolute atomic E-state index is 0.0893. The predicted octanol–water partition coefficient (Wildman–Crippen LogP) is 1.44. The van der Waals surface area contributed by atoms with E-state index in [2.05, 4.69) is 10.1 Å². The van der Waals surface area contributed by atoms with Crippen molar-refractivity contribution in [3.8, 4) is 0 Å². The average molecular weight is 448 g/mol. The molecule has 12 heteroatoms. The Bertz CT molecular complexity index is 819. The number of nitrogens with zero attached hydrogens (tertiary/aromatic N) is 4. The first-order valence-corrected chi connectivity index (χ1v) is 9.70. The number of alkyl halides is 3. The molecule has 3 rings (SSSR count). The number of aromatic nitrogens is 1. The zero-order valence-corrected chi connectivity index (χ0v) is 18.0. The summed E-state index contributed by atoms with van der Waals surface area (Å²) in [7, 11) is 3.53. The molecule has 1 atom stereocenters. The molecule has 1 unspecified atom stereocenters. The third kappa shape index (κ3) is 5.75. The van der Waals surface area contributed by atoms with E-state index >= 15 is 0 Å². The van der Waals surface area contributed by atoms with Crippen LogP contribution >= 0.6 is 0 Å². The van der Waals surface area contributed by atoms with Crippen LogP contribution < -0.4 is 0 Å². The fourth-order valence-corrected chi connectivity index (χ4v) is 3.79. The van der Waals surface area contributed by atoms with Crippen LogP contribution in [0.15, 0.2) is 4.52 Å². The number of piperidine rings is 1. The maximum absolute atomic E-state index is 12.8. The summed E-state index contributed by atoms with van der Waals surface area (Å²) in [6.07, 6.45) is -3.21. The van der Waals surface area contributed by atoms with Crippen molar-refractivity contribution in [3.63, 3.8) is 0 Å². The average Bonchev–Trinajstić information content (AvgIpc) is 2.99. The van der Waals surface area contributed by atoms with Crippen molar-refractivity contribution in [2.24, 2.45) is 5.41 Å². The van der Waals surface area contributed by atoms with Gasteiger partial charge in [-0.2, -0.15) is 13.2 Å². The number of carboxylic acid groups (broad SMARTS) is 1. The fraction of sp³-hybridized carbons (Fsp3) is 0.684. The van der Waals surface area contributed by atoms with Gasteiger partial charge in [0.05, 0.1) is 24.2 Å². The molecule has 1 aromatic heterocycles. The number of hydrogen-bond acceptors (Lipinski definition) is 6. The van der Waals surface area contributed by atoms with Gasteiger partial charge in [0.25, 0.3) is 0 Å². The molecule has 2 aliphatic rings. The highest BCUT2D eigenvalue weighted by atomic mass is 19.4. The Morgan fingerprint density at radius 1 is 1.26 bits per heavy atom. The first kappa shape index (κ1) is 24.6. The van der Waals surface area contributed by atoms with E-state index in [1.807, 2.05) is 18.7 Å². The number of likely N-dealkylation sites (N-methyl/N-ethyl adjacent to an activating group) is 1. The number of hydrogen-bond donors (Lipinski definition) is 1. The number of carboxylic acids is 1. The number of aliphatic carboxylic acids is 1. The molecule has 9 nitrogen and oxygen atoms in total. The molecule has 2 aliphatic heterocycles. The van der Waals surface area contributed by atoms with Gasteiger partial charge in [-0.3, -0.25) is 14.5 Å². The van der Waals surface area contributed by atoms with Gasteiger partial charge in [-0.25, -0.2) is 4.79 Å². The summed E-state index contributed by atoms with van der Waals surface area (Å²) in [5.41, 5.74) is 1.56. The van der Waals surface area contributed by atoms with Gasteiger partial charge in [0, 0.05) is 32.7 Å². The molecule has 2 saturated heterocycles. The molecule has 1 aromatic rings. The van der Waals surface area contributed by atoms with Crippen LogP contribution in [-0.2, 0) is 20.9 Å². The number of carbonyl (C=O) groups excluding carboxylic acids is 2. The second-order valence-electron chi connectivity index (χ2n) is 8.15. The molecule has 0 radical (unpaired) electrons. The highest BCUT2D eigenvalue weighted by Crippen LogP contribution is 2.41. The Labute approximate surface area is 177 Å². The lowest BCUT2D eigenvalue weighted by Crippen LogP contribution is -2.66. The number of aryl methyl sites for hydroxylation is 2. The van der Waals surface area contributed by atoms with Crippen molar-refractivity contribution in [1.82, 2.24) is 19.9 Å². The van der Waals surface area contributed by atoms with Crippen LogP contribution in [0.4, 0.5) is 13.2 Å². The van der Waals surface area contributed by atoms with E-state index in [4.69, 9.17) is 14.4 Å². The second-order valence-corrected chi connectivity index (χ2v) is 8.15. The summed E-state index contributed by atoms with van der Waals surface area (Å²) in [6, 6.07) is 0. The molecule has 2 amide bonds. The molecule has 0 aliphatic carbocycles. The van der Waals surface area contributed by atoms with Gasteiger partial charge in [0.2, 0.25) is 11.8 Å². The minimum atomic E-state index is -5.08. The van der Waals surface area contributed by atoms with Crippen LogP contribution in [0, 0.1) is 19.3 Å². The van der Waals surface area contributed by atoms with E-state index in [1.54, 1.807) is 19.0 Å². The normalized spacial score (nSPS) is 21.4. The van der Waals surface area contributed by atoms with Gasteiger partial charge in [0.1, 0.15) is 5.76 Å². The van der Waals surface area contributed by atoms with Crippen LogP contribution in [0.3, 0.4) is 0 Å². The summed E-state index contributed by atoms with van der Waals surface area (Å²) in [4.78, 5) is 39.2. The molecule has 2 fully saturated rings. The number of β-lactam (4-membered cyclic amide) rings is 1. The Balaban J connectivity index is 0.000000423.